The van der Waals surface area contributed by atoms with Gasteiger partial charge in [0, 0.05) is 25.4 Å². The lowest BCUT2D eigenvalue weighted by Gasteiger charge is -2.34. The Morgan fingerprint density at radius 3 is 2.70 bits per heavy atom. The third kappa shape index (κ3) is 6.52. The first kappa shape index (κ1) is 21.7. The summed E-state index contributed by atoms with van der Waals surface area (Å²) in [5.41, 5.74) is 5.25. The lowest BCUT2D eigenvalue weighted by molar-refractivity contribution is -0.120. The van der Waals surface area contributed by atoms with Crippen LogP contribution >= 0.6 is 11.8 Å². The van der Waals surface area contributed by atoms with Gasteiger partial charge in [-0.3, -0.25) is 9.59 Å². The molecule has 2 amide bonds. The Morgan fingerprint density at radius 2 is 2.04 bits per heavy atom. The van der Waals surface area contributed by atoms with Crippen molar-refractivity contribution in [3.63, 3.8) is 0 Å². The van der Waals surface area contributed by atoms with E-state index in [0.717, 1.165) is 23.9 Å². The number of nitrogens with two attached hydrogens (primary N) is 1. The van der Waals surface area contributed by atoms with Crippen LogP contribution in [0.3, 0.4) is 0 Å². The highest BCUT2D eigenvalue weighted by atomic mass is 32.2. The third-order valence-corrected chi connectivity index (χ3v) is 6.29. The Hall–Kier alpha value is -1.57. The Bertz CT molecular complexity index is 646. The smallest absolute Gasteiger partial charge is 0.230 e. The Balaban J connectivity index is 1.95. The predicted molar refractivity (Wildman–Crippen MR) is 107 cm³/mol. The molecule has 1 aromatic rings. The fraction of sp³-hybridized carbons (Fsp3) is 0.789. The lowest BCUT2D eigenvalue weighted by Crippen LogP contribution is -2.44. The number of aryl methyl sites for hydroxylation is 1. The van der Waals surface area contributed by atoms with Crippen molar-refractivity contribution in [1.82, 2.24) is 20.1 Å². The van der Waals surface area contributed by atoms with Gasteiger partial charge < -0.3 is 15.6 Å². The van der Waals surface area contributed by atoms with Crippen LogP contribution in [-0.4, -0.2) is 38.4 Å². The number of carbonyl (C=O) groups excluding carboxylic acids is 2. The maximum Gasteiger partial charge on any atom is 0.230 e. The molecule has 1 aromatic heterocycles. The van der Waals surface area contributed by atoms with Gasteiger partial charge in [0.05, 0.1) is 5.75 Å². The average molecular weight is 396 g/mol. The van der Waals surface area contributed by atoms with E-state index in [1.54, 1.807) is 0 Å². The molecule has 3 N–H and O–H groups in total. The summed E-state index contributed by atoms with van der Waals surface area (Å²) in [5, 5.41) is 12.4. The van der Waals surface area contributed by atoms with Crippen LogP contribution in [-0.2, 0) is 22.6 Å². The molecule has 1 aliphatic carbocycles. The molecule has 1 aliphatic rings. The Labute approximate surface area is 166 Å². The van der Waals surface area contributed by atoms with Crippen molar-refractivity contribution in [3.8, 4) is 0 Å². The van der Waals surface area contributed by atoms with E-state index in [1.807, 2.05) is 4.57 Å². The van der Waals surface area contributed by atoms with Gasteiger partial charge in [0.1, 0.15) is 5.82 Å². The molecule has 2 rings (SSSR count). The first-order chi connectivity index (χ1) is 12.8. The third-order valence-electron chi connectivity index (χ3n) is 5.32. The molecule has 27 heavy (non-hydrogen) atoms. The van der Waals surface area contributed by atoms with Crippen molar-refractivity contribution in [2.45, 2.75) is 77.5 Å². The summed E-state index contributed by atoms with van der Waals surface area (Å²) in [6, 6.07) is 0.265. The first-order valence-corrected chi connectivity index (χ1v) is 10.9. The topological polar surface area (TPSA) is 103 Å². The van der Waals surface area contributed by atoms with Crippen LogP contribution in [0.5, 0.6) is 0 Å². The predicted octanol–water partition coefficient (Wildman–Crippen LogP) is 2.38. The molecule has 0 aromatic carbocycles. The summed E-state index contributed by atoms with van der Waals surface area (Å²) in [6.45, 7) is 9.48. The lowest BCUT2D eigenvalue weighted by atomic mass is 9.78. The molecule has 8 heteroatoms. The Kier molecular flexibility index (Phi) is 8.13. The van der Waals surface area contributed by atoms with Crippen LogP contribution in [0.4, 0.5) is 0 Å². The molecule has 1 heterocycles. The second-order valence-electron chi connectivity index (χ2n) is 8.10. The van der Waals surface area contributed by atoms with E-state index in [9.17, 15) is 9.59 Å². The maximum absolute atomic E-state index is 12.4. The summed E-state index contributed by atoms with van der Waals surface area (Å²) in [4.78, 5) is 23.5. The number of aromatic nitrogens is 3. The minimum atomic E-state index is -0.349. The average Bonchev–Trinajstić information content (AvgIpc) is 2.96. The molecule has 1 fully saturated rings. The normalized spacial score (nSPS) is 22.8. The second kappa shape index (κ2) is 10.1. The van der Waals surface area contributed by atoms with Gasteiger partial charge in [-0.15, -0.1) is 10.2 Å². The van der Waals surface area contributed by atoms with Crippen molar-refractivity contribution in [3.05, 3.63) is 5.82 Å². The van der Waals surface area contributed by atoms with E-state index in [1.165, 1.54) is 24.6 Å². The number of rotatable bonds is 9. The number of primary amides is 1. The molecule has 7 nitrogen and oxygen atoms in total. The summed E-state index contributed by atoms with van der Waals surface area (Å²) in [6.07, 6.45) is 4.20. The van der Waals surface area contributed by atoms with Crippen molar-refractivity contribution in [1.29, 1.82) is 0 Å². The maximum atomic E-state index is 12.4. The zero-order valence-corrected chi connectivity index (χ0v) is 17.7. The van der Waals surface area contributed by atoms with Crippen LogP contribution in [0.1, 0.15) is 59.2 Å². The quantitative estimate of drug-likeness (QED) is 0.625. The van der Waals surface area contributed by atoms with Gasteiger partial charge in [-0.1, -0.05) is 52.3 Å². The van der Waals surface area contributed by atoms with Crippen LogP contribution in [0.25, 0.3) is 0 Å². The highest BCUT2D eigenvalue weighted by molar-refractivity contribution is 7.99. The molecule has 0 aliphatic heterocycles. The van der Waals surface area contributed by atoms with Crippen molar-refractivity contribution < 1.29 is 9.59 Å². The van der Waals surface area contributed by atoms with E-state index in [4.69, 9.17) is 5.73 Å². The van der Waals surface area contributed by atoms with Crippen LogP contribution in [0.15, 0.2) is 5.16 Å². The minimum absolute atomic E-state index is 0.0451. The SMILES string of the molecule is CC(C)Cn1c(CCC(N)=O)nnc1SCC(=O)NC1CCCC(C)C1C. The first-order valence-electron chi connectivity index (χ1n) is 9.90. The number of nitrogens with one attached hydrogen (secondary N) is 1. The summed E-state index contributed by atoms with van der Waals surface area (Å²) >= 11 is 1.40. The molecule has 0 saturated heterocycles. The van der Waals surface area contributed by atoms with Crippen LogP contribution < -0.4 is 11.1 Å². The summed E-state index contributed by atoms with van der Waals surface area (Å²) in [7, 11) is 0. The van der Waals surface area contributed by atoms with Crippen molar-refractivity contribution in [2.24, 2.45) is 23.5 Å². The molecule has 0 radical (unpaired) electrons. The largest absolute Gasteiger partial charge is 0.370 e. The van der Waals surface area contributed by atoms with E-state index in [-0.39, 0.29) is 24.3 Å². The van der Waals surface area contributed by atoms with Gasteiger partial charge in [-0.05, 0) is 24.2 Å². The number of carbonyl (C=O) groups is 2. The van der Waals surface area contributed by atoms with Crippen LogP contribution in [0, 0.1) is 17.8 Å². The molecule has 152 valence electrons. The Morgan fingerprint density at radius 1 is 1.30 bits per heavy atom. The summed E-state index contributed by atoms with van der Waals surface area (Å²) in [5.74, 6) is 2.34. The standard InChI is InChI=1S/C19H33N5O2S/c1-12(2)10-24-17(9-8-16(20)25)22-23-19(24)27-11-18(26)21-15-7-5-6-13(3)14(15)4/h12-15H,5-11H2,1-4H3,(H2,20,25)(H,21,26). The van der Waals surface area contributed by atoms with Gasteiger partial charge in [0.15, 0.2) is 5.16 Å². The number of nitrogens with zero attached hydrogens (tertiary/aromatic N) is 3. The van der Waals surface area contributed by atoms with Gasteiger partial charge in [0.2, 0.25) is 11.8 Å². The molecule has 3 unspecified atom stereocenters. The molecular weight excluding hydrogens is 362 g/mol. The number of thioether (sulfide) groups is 1. The fourth-order valence-corrected chi connectivity index (χ4v) is 4.34. The van der Waals surface area contributed by atoms with Gasteiger partial charge in [0.25, 0.3) is 0 Å². The van der Waals surface area contributed by atoms with Gasteiger partial charge in [-0.25, -0.2) is 0 Å². The van der Waals surface area contributed by atoms with Crippen molar-refractivity contribution >= 4 is 23.6 Å². The second-order valence-corrected chi connectivity index (χ2v) is 9.04. The van der Waals surface area contributed by atoms with E-state index in [2.05, 4.69) is 43.2 Å². The van der Waals surface area contributed by atoms with E-state index < -0.39 is 0 Å². The van der Waals surface area contributed by atoms with E-state index >= 15 is 0 Å². The summed E-state index contributed by atoms with van der Waals surface area (Å²) < 4.78 is 2.01. The minimum Gasteiger partial charge on any atom is -0.370 e. The molecule has 1 saturated carbocycles. The highest BCUT2D eigenvalue weighted by Gasteiger charge is 2.28. The van der Waals surface area contributed by atoms with E-state index in [0.29, 0.717) is 29.9 Å². The number of hydrogen-bond donors (Lipinski definition) is 2. The fourth-order valence-electron chi connectivity index (χ4n) is 3.56. The highest BCUT2D eigenvalue weighted by Crippen LogP contribution is 2.29. The monoisotopic (exact) mass is 395 g/mol. The zero-order chi connectivity index (χ0) is 20.0. The van der Waals surface area contributed by atoms with Gasteiger partial charge >= 0.3 is 0 Å². The molecule has 3 atom stereocenters. The van der Waals surface area contributed by atoms with Crippen LogP contribution in [0.2, 0.25) is 0 Å². The number of amides is 2. The zero-order valence-electron chi connectivity index (χ0n) is 16.9. The number of hydrogen-bond acceptors (Lipinski definition) is 5. The van der Waals surface area contributed by atoms with Gasteiger partial charge in [-0.2, -0.15) is 0 Å². The molecular formula is C19H33N5O2S. The molecule has 0 spiro atoms. The molecule has 0 bridgehead atoms. The van der Waals surface area contributed by atoms with Crippen molar-refractivity contribution in [2.75, 3.05) is 5.75 Å².